The zero-order chi connectivity index (χ0) is 9.97. The molecule has 1 aromatic carbocycles. The van der Waals surface area contributed by atoms with Crippen LogP contribution in [0, 0.1) is 6.92 Å². The predicted molar refractivity (Wildman–Crippen MR) is 57.6 cm³/mol. The number of aromatic amines is 1. The van der Waals surface area contributed by atoms with Crippen molar-refractivity contribution in [2.24, 2.45) is 0 Å². The smallest absolute Gasteiger partial charge is 0.124 e. The number of benzene rings is 1. The molecule has 14 heavy (non-hydrogen) atoms. The molecule has 0 saturated carbocycles. The number of H-pyrrole nitrogens is 1. The lowest BCUT2D eigenvalue weighted by Gasteiger charge is -1.98. The summed E-state index contributed by atoms with van der Waals surface area (Å²) in [6, 6.07) is 10.3. The van der Waals surface area contributed by atoms with E-state index in [4.69, 9.17) is 11.6 Å². The molecule has 1 aromatic heterocycles. The highest BCUT2D eigenvalue weighted by Gasteiger charge is 2.00. The number of nitrogens with one attached hydrogen (secondary N) is 1. The van der Waals surface area contributed by atoms with Gasteiger partial charge in [-0.05, 0) is 18.6 Å². The van der Waals surface area contributed by atoms with Gasteiger partial charge in [0, 0.05) is 6.42 Å². The van der Waals surface area contributed by atoms with Gasteiger partial charge in [0.2, 0.25) is 0 Å². The fourth-order valence-electron chi connectivity index (χ4n) is 1.34. The Morgan fingerprint density at radius 1 is 1.29 bits per heavy atom. The molecular formula is C11H11ClN2. The van der Waals surface area contributed by atoms with E-state index in [9.17, 15) is 0 Å². The third kappa shape index (κ3) is 2.15. The van der Waals surface area contributed by atoms with Crippen LogP contribution in [0.3, 0.4) is 0 Å². The highest BCUT2D eigenvalue weighted by Crippen LogP contribution is 2.11. The van der Waals surface area contributed by atoms with E-state index in [2.05, 4.69) is 41.4 Å². The van der Waals surface area contributed by atoms with Crippen LogP contribution in [0.1, 0.15) is 16.8 Å². The molecule has 0 aliphatic carbocycles. The average molecular weight is 207 g/mol. The number of hydrogen-bond acceptors (Lipinski definition) is 1. The summed E-state index contributed by atoms with van der Waals surface area (Å²) in [5.41, 5.74) is 3.49. The van der Waals surface area contributed by atoms with E-state index in [-0.39, 0.29) is 0 Å². The molecular weight excluding hydrogens is 196 g/mol. The highest BCUT2D eigenvalue weighted by atomic mass is 35.5. The molecule has 2 aromatic rings. The van der Waals surface area contributed by atoms with Gasteiger partial charge in [0.15, 0.2) is 0 Å². The Morgan fingerprint density at radius 2 is 2.00 bits per heavy atom. The van der Waals surface area contributed by atoms with Crippen molar-refractivity contribution in [2.45, 2.75) is 13.3 Å². The van der Waals surface area contributed by atoms with E-state index in [0.29, 0.717) is 5.15 Å². The Morgan fingerprint density at radius 3 is 2.57 bits per heavy atom. The van der Waals surface area contributed by atoms with Crippen LogP contribution in [0.4, 0.5) is 0 Å². The van der Waals surface area contributed by atoms with E-state index in [1.165, 1.54) is 11.1 Å². The lowest BCUT2D eigenvalue weighted by atomic mass is 10.1. The molecule has 0 atom stereocenters. The number of nitrogens with zero attached hydrogens (tertiary/aromatic N) is 1. The fraction of sp³-hybridized carbons (Fsp3) is 0.182. The quantitative estimate of drug-likeness (QED) is 0.804. The van der Waals surface area contributed by atoms with Crippen LogP contribution < -0.4 is 0 Å². The Hall–Kier alpha value is -1.28. The van der Waals surface area contributed by atoms with Gasteiger partial charge in [-0.25, -0.2) is 0 Å². The molecule has 0 saturated heterocycles. The van der Waals surface area contributed by atoms with Crippen LogP contribution in [0.15, 0.2) is 30.3 Å². The Labute approximate surface area is 87.9 Å². The number of aromatic nitrogens is 2. The SMILES string of the molecule is Cc1ccc(Cc2cc(Cl)[nH]n2)cc1. The minimum Gasteiger partial charge on any atom is -0.267 e. The molecule has 0 fully saturated rings. The Balaban J connectivity index is 2.15. The monoisotopic (exact) mass is 206 g/mol. The van der Waals surface area contributed by atoms with Crippen molar-refractivity contribution in [1.82, 2.24) is 10.2 Å². The highest BCUT2D eigenvalue weighted by molar-refractivity contribution is 6.29. The summed E-state index contributed by atoms with van der Waals surface area (Å²) in [4.78, 5) is 0. The molecule has 0 aliphatic heterocycles. The zero-order valence-electron chi connectivity index (χ0n) is 7.92. The lowest BCUT2D eigenvalue weighted by molar-refractivity contribution is 0.996. The van der Waals surface area contributed by atoms with Crippen LogP contribution in [-0.4, -0.2) is 10.2 Å². The van der Waals surface area contributed by atoms with Crippen LogP contribution >= 0.6 is 11.6 Å². The molecule has 0 unspecified atom stereocenters. The molecule has 2 rings (SSSR count). The molecule has 0 aliphatic rings. The summed E-state index contributed by atoms with van der Waals surface area (Å²) < 4.78 is 0. The number of halogens is 1. The van der Waals surface area contributed by atoms with Gasteiger partial charge in [0.05, 0.1) is 5.69 Å². The largest absolute Gasteiger partial charge is 0.267 e. The zero-order valence-corrected chi connectivity index (χ0v) is 8.67. The first-order chi connectivity index (χ1) is 6.74. The Kier molecular flexibility index (Phi) is 2.55. The normalized spacial score (nSPS) is 10.4. The maximum absolute atomic E-state index is 5.73. The van der Waals surface area contributed by atoms with Crippen molar-refractivity contribution >= 4 is 11.6 Å². The first-order valence-electron chi connectivity index (χ1n) is 4.49. The maximum atomic E-state index is 5.73. The van der Waals surface area contributed by atoms with Crippen LogP contribution in [-0.2, 0) is 6.42 Å². The van der Waals surface area contributed by atoms with E-state index in [1.807, 2.05) is 6.07 Å². The van der Waals surface area contributed by atoms with Gasteiger partial charge >= 0.3 is 0 Å². The van der Waals surface area contributed by atoms with Crippen molar-refractivity contribution in [2.75, 3.05) is 0 Å². The van der Waals surface area contributed by atoms with Gasteiger partial charge in [0.1, 0.15) is 5.15 Å². The molecule has 0 bridgehead atoms. The van der Waals surface area contributed by atoms with Gasteiger partial charge < -0.3 is 0 Å². The van der Waals surface area contributed by atoms with E-state index < -0.39 is 0 Å². The second-order valence-electron chi connectivity index (χ2n) is 3.37. The van der Waals surface area contributed by atoms with E-state index in [1.54, 1.807) is 0 Å². The molecule has 0 radical (unpaired) electrons. The molecule has 3 heteroatoms. The number of hydrogen-bond donors (Lipinski definition) is 1. The van der Waals surface area contributed by atoms with Crippen LogP contribution in [0.2, 0.25) is 5.15 Å². The van der Waals surface area contributed by atoms with E-state index in [0.717, 1.165) is 12.1 Å². The topological polar surface area (TPSA) is 28.7 Å². The van der Waals surface area contributed by atoms with Crippen molar-refractivity contribution in [3.63, 3.8) is 0 Å². The summed E-state index contributed by atoms with van der Waals surface area (Å²) in [7, 11) is 0. The summed E-state index contributed by atoms with van der Waals surface area (Å²) in [5.74, 6) is 0. The minimum absolute atomic E-state index is 0.590. The summed E-state index contributed by atoms with van der Waals surface area (Å²) in [6.07, 6.45) is 0.823. The van der Waals surface area contributed by atoms with Gasteiger partial charge in [-0.3, -0.25) is 5.10 Å². The molecule has 72 valence electrons. The van der Waals surface area contributed by atoms with Crippen molar-refractivity contribution in [1.29, 1.82) is 0 Å². The van der Waals surface area contributed by atoms with E-state index >= 15 is 0 Å². The summed E-state index contributed by atoms with van der Waals surface area (Å²) in [6.45, 7) is 2.08. The molecule has 2 nitrogen and oxygen atoms in total. The molecule has 1 N–H and O–H groups in total. The third-order valence-corrected chi connectivity index (χ3v) is 2.30. The maximum Gasteiger partial charge on any atom is 0.124 e. The van der Waals surface area contributed by atoms with Crippen LogP contribution in [0.5, 0.6) is 0 Å². The first kappa shape index (κ1) is 9.28. The summed E-state index contributed by atoms with van der Waals surface area (Å²) >= 11 is 5.73. The van der Waals surface area contributed by atoms with Crippen LogP contribution in [0.25, 0.3) is 0 Å². The second-order valence-corrected chi connectivity index (χ2v) is 3.78. The predicted octanol–water partition coefficient (Wildman–Crippen LogP) is 2.96. The fourth-order valence-corrected chi connectivity index (χ4v) is 1.51. The average Bonchev–Trinajstić information content (AvgIpc) is 2.56. The number of aryl methyl sites for hydroxylation is 1. The molecule has 0 spiro atoms. The van der Waals surface area contributed by atoms with Gasteiger partial charge in [0.25, 0.3) is 0 Å². The summed E-state index contributed by atoms with van der Waals surface area (Å²) in [5, 5.41) is 7.38. The lowest BCUT2D eigenvalue weighted by Crippen LogP contribution is -1.88. The Bertz CT molecular complexity index is 417. The molecule has 0 amide bonds. The molecule has 1 heterocycles. The minimum atomic E-state index is 0.590. The van der Waals surface area contributed by atoms with Crippen molar-refractivity contribution in [3.8, 4) is 0 Å². The van der Waals surface area contributed by atoms with Crippen molar-refractivity contribution < 1.29 is 0 Å². The van der Waals surface area contributed by atoms with Gasteiger partial charge in [-0.1, -0.05) is 41.4 Å². The van der Waals surface area contributed by atoms with Gasteiger partial charge in [-0.2, -0.15) is 5.10 Å². The van der Waals surface area contributed by atoms with Crippen molar-refractivity contribution in [3.05, 3.63) is 52.3 Å². The third-order valence-electron chi connectivity index (χ3n) is 2.11. The van der Waals surface area contributed by atoms with Gasteiger partial charge in [-0.15, -0.1) is 0 Å². The standard InChI is InChI=1S/C11H11ClN2/c1-8-2-4-9(5-3-8)6-10-7-11(12)14-13-10/h2-5,7H,6H2,1H3,(H,13,14). The second kappa shape index (κ2) is 3.84. The number of rotatable bonds is 2. The first-order valence-corrected chi connectivity index (χ1v) is 4.87.